The molecule has 0 radical (unpaired) electrons. The van der Waals surface area contributed by atoms with Crippen LogP contribution in [-0.2, 0) is 9.47 Å². The fourth-order valence-electron chi connectivity index (χ4n) is 3.11. The molecule has 28 heavy (non-hydrogen) atoms. The van der Waals surface area contributed by atoms with Crippen molar-refractivity contribution < 1.29 is 19.1 Å². The Hall–Kier alpha value is -2.42. The summed E-state index contributed by atoms with van der Waals surface area (Å²) < 4.78 is 10.6. The Morgan fingerprint density at radius 3 is 2.46 bits per heavy atom. The molecule has 0 saturated carbocycles. The van der Waals surface area contributed by atoms with Gasteiger partial charge in [-0.2, -0.15) is 0 Å². The summed E-state index contributed by atoms with van der Waals surface area (Å²) >= 11 is 1.33. The van der Waals surface area contributed by atoms with E-state index in [-0.39, 0.29) is 12.1 Å². The molecule has 3 rings (SSSR count). The lowest BCUT2D eigenvalue weighted by Crippen LogP contribution is -2.50. The highest BCUT2D eigenvalue weighted by atomic mass is 32.1. The van der Waals surface area contributed by atoms with Crippen molar-refractivity contribution in [3.8, 4) is 0 Å². The van der Waals surface area contributed by atoms with E-state index in [0.29, 0.717) is 37.7 Å². The van der Waals surface area contributed by atoms with Crippen LogP contribution in [-0.4, -0.2) is 65.3 Å². The van der Waals surface area contributed by atoms with E-state index in [1.807, 2.05) is 27.7 Å². The smallest absolute Gasteiger partial charge is 0.410 e. The highest BCUT2D eigenvalue weighted by molar-refractivity contribution is 7.20. The number of carbonyl (C=O) groups is 2. The normalized spacial score (nSPS) is 15.0. The molecule has 1 saturated heterocycles. The van der Waals surface area contributed by atoms with Crippen molar-refractivity contribution in [3.63, 3.8) is 0 Å². The fraction of sp³-hybridized carbons (Fsp3) is 0.579. The number of carbonyl (C=O) groups excluding carboxylic acids is 2. The molecule has 1 aliphatic heterocycles. The number of hydrogen-bond acceptors (Lipinski definition) is 8. The molecule has 2 aromatic rings. The number of piperazine rings is 1. The van der Waals surface area contributed by atoms with Crippen molar-refractivity contribution in [2.75, 3.05) is 37.7 Å². The molecule has 1 amide bonds. The lowest BCUT2D eigenvalue weighted by atomic mass is 10.2. The molecule has 0 spiro atoms. The first-order valence-corrected chi connectivity index (χ1v) is 10.2. The van der Waals surface area contributed by atoms with E-state index >= 15 is 0 Å². The number of rotatable bonds is 3. The molecule has 152 valence electrons. The molecule has 0 aromatic carbocycles. The van der Waals surface area contributed by atoms with E-state index in [0.717, 1.165) is 21.6 Å². The molecule has 9 heteroatoms. The van der Waals surface area contributed by atoms with Crippen LogP contribution < -0.4 is 4.90 Å². The van der Waals surface area contributed by atoms with Gasteiger partial charge in [-0.25, -0.2) is 19.6 Å². The number of nitrogens with zero attached hydrogens (tertiary/aromatic N) is 4. The van der Waals surface area contributed by atoms with Crippen LogP contribution in [0, 0.1) is 6.92 Å². The van der Waals surface area contributed by atoms with Gasteiger partial charge < -0.3 is 19.3 Å². The zero-order valence-electron chi connectivity index (χ0n) is 16.9. The van der Waals surface area contributed by atoms with Gasteiger partial charge in [0.25, 0.3) is 0 Å². The van der Waals surface area contributed by atoms with Crippen LogP contribution in [0.15, 0.2) is 6.33 Å². The van der Waals surface area contributed by atoms with Crippen molar-refractivity contribution in [2.45, 2.75) is 40.2 Å². The Morgan fingerprint density at radius 1 is 1.18 bits per heavy atom. The minimum absolute atomic E-state index is 0.295. The third-order valence-electron chi connectivity index (χ3n) is 4.40. The van der Waals surface area contributed by atoms with Gasteiger partial charge in [-0.3, -0.25) is 0 Å². The predicted octanol–water partition coefficient (Wildman–Crippen LogP) is 3.23. The number of fused-ring (bicyclic) bond motifs is 1. The van der Waals surface area contributed by atoms with E-state index in [4.69, 9.17) is 9.47 Å². The van der Waals surface area contributed by atoms with E-state index < -0.39 is 5.60 Å². The SMILES string of the molecule is CCOC(=O)c1sc2ncnc(N3CCN(C(=O)OC(C)(C)C)CC3)c2c1C. The van der Waals surface area contributed by atoms with Gasteiger partial charge in [0.1, 0.15) is 27.5 Å². The van der Waals surface area contributed by atoms with Crippen LogP contribution >= 0.6 is 11.3 Å². The first kappa shape index (κ1) is 20.3. The first-order valence-electron chi connectivity index (χ1n) is 9.35. The fourth-order valence-corrected chi connectivity index (χ4v) is 4.15. The standard InChI is InChI=1S/C19H26N4O4S/c1-6-26-17(24)14-12(2)13-15(20-11-21-16(13)28-14)22-7-9-23(10-8-22)18(25)27-19(3,4)5/h11H,6-10H2,1-5H3. The molecule has 2 aromatic heterocycles. The van der Waals surface area contributed by atoms with Crippen LogP contribution in [0.5, 0.6) is 0 Å². The van der Waals surface area contributed by atoms with Crippen molar-refractivity contribution in [3.05, 3.63) is 16.8 Å². The van der Waals surface area contributed by atoms with Gasteiger partial charge in [0.15, 0.2) is 0 Å². The maximum Gasteiger partial charge on any atom is 0.410 e. The quantitative estimate of drug-likeness (QED) is 0.724. The Balaban J connectivity index is 1.80. The second kappa shape index (κ2) is 7.90. The van der Waals surface area contributed by atoms with Crippen LogP contribution in [0.25, 0.3) is 10.2 Å². The van der Waals surface area contributed by atoms with Gasteiger partial charge in [0.05, 0.1) is 12.0 Å². The van der Waals surface area contributed by atoms with Crippen LogP contribution in [0.4, 0.5) is 10.6 Å². The monoisotopic (exact) mass is 406 g/mol. The topological polar surface area (TPSA) is 84.9 Å². The third kappa shape index (κ3) is 4.19. The van der Waals surface area contributed by atoms with Crippen molar-refractivity contribution in [1.29, 1.82) is 0 Å². The zero-order chi connectivity index (χ0) is 20.5. The summed E-state index contributed by atoms with van der Waals surface area (Å²) in [6.07, 6.45) is 1.22. The maximum absolute atomic E-state index is 12.3. The highest BCUT2D eigenvalue weighted by Crippen LogP contribution is 2.35. The lowest BCUT2D eigenvalue weighted by molar-refractivity contribution is 0.0240. The molecule has 1 aliphatic rings. The number of ether oxygens (including phenoxy) is 2. The van der Waals surface area contributed by atoms with Crippen molar-refractivity contribution in [2.24, 2.45) is 0 Å². The number of aryl methyl sites for hydroxylation is 1. The van der Waals surface area contributed by atoms with Crippen molar-refractivity contribution >= 4 is 39.4 Å². The Labute approximate surface area is 168 Å². The van der Waals surface area contributed by atoms with Crippen LogP contribution in [0.1, 0.15) is 42.9 Å². The highest BCUT2D eigenvalue weighted by Gasteiger charge is 2.28. The minimum atomic E-state index is -0.510. The summed E-state index contributed by atoms with van der Waals surface area (Å²) in [7, 11) is 0. The van der Waals surface area contributed by atoms with Crippen LogP contribution in [0.3, 0.4) is 0 Å². The van der Waals surface area contributed by atoms with E-state index in [2.05, 4.69) is 14.9 Å². The molecule has 1 fully saturated rings. The van der Waals surface area contributed by atoms with Crippen molar-refractivity contribution in [1.82, 2.24) is 14.9 Å². The maximum atomic E-state index is 12.3. The summed E-state index contributed by atoms with van der Waals surface area (Å²) in [5.41, 5.74) is 0.327. The Morgan fingerprint density at radius 2 is 1.86 bits per heavy atom. The molecule has 0 atom stereocenters. The number of esters is 1. The molecule has 0 N–H and O–H groups in total. The summed E-state index contributed by atoms with van der Waals surface area (Å²) in [5, 5.41) is 0.876. The number of thiophene rings is 1. The summed E-state index contributed by atoms with van der Waals surface area (Å²) in [6, 6.07) is 0. The molecule has 0 bridgehead atoms. The van der Waals surface area contributed by atoms with Gasteiger partial charge in [-0.05, 0) is 40.2 Å². The third-order valence-corrected chi connectivity index (χ3v) is 5.58. The lowest BCUT2D eigenvalue weighted by Gasteiger charge is -2.36. The van der Waals surface area contributed by atoms with Gasteiger partial charge >= 0.3 is 12.1 Å². The average molecular weight is 407 g/mol. The zero-order valence-corrected chi connectivity index (χ0v) is 17.8. The van der Waals surface area contributed by atoms with Gasteiger partial charge in [-0.1, -0.05) is 0 Å². The van der Waals surface area contributed by atoms with E-state index in [1.54, 1.807) is 11.8 Å². The van der Waals surface area contributed by atoms with E-state index in [9.17, 15) is 9.59 Å². The number of anilines is 1. The summed E-state index contributed by atoms with van der Waals surface area (Å²) in [4.78, 5) is 38.5. The predicted molar refractivity (Wildman–Crippen MR) is 108 cm³/mol. The Bertz CT molecular complexity index is 882. The van der Waals surface area contributed by atoms with Gasteiger partial charge in [-0.15, -0.1) is 11.3 Å². The van der Waals surface area contributed by atoms with Gasteiger partial charge in [0, 0.05) is 26.2 Å². The van der Waals surface area contributed by atoms with E-state index in [1.165, 1.54) is 17.7 Å². The number of aromatic nitrogens is 2. The number of amides is 1. The average Bonchev–Trinajstić information content (AvgIpc) is 2.98. The van der Waals surface area contributed by atoms with Crippen LogP contribution in [0.2, 0.25) is 0 Å². The molecule has 0 aliphatic carbocycles. The molecule has 8 nitrogen and oxygen atoms in total. The molecular formula is C19H26N4O4S. The minimum Gasteiger partial charge on any atom is -0.462 e. The molecule has 0 unspecified atom stereocenters. The number of hydrogen-bond donors (Lipinski definition) is 0. The Kier molecular flexibility index (Phi) is 5.74. The summed E-state index contributed by atoms with van der Waals surface area (Å²) in [5.74, 6) is 0.460. The molecular weight excluding hydrogens is 380 g/mol. The van der Waals surface area contributed by atoms with Gasteiger partial charge in [0.2, 0.25) is 0 Å². The molecule has 3 heterocycles. The second-order valence-corrected chi connectivity index (χ2v) is 8.61. The second-order valence-electron chi connectivity index (χ2n) is 7.61. The largest absolute Gasteiger partial charge is 0.462 e. The first-order chi connectivity index (χ1) is 13.2. The summed E-state index contributed by atoms with van der Waals surface area (Å²) in [6.45, 7) is 12.0.